The van der Waals surface area contributed by atoms with Crippen LogP contribution in [0.2, 0.25) is 10.3 Å². The van der Waals surface area contributed by atoms with Crippen molar-refractivity contribution in [2.45, 2.75) is 18.5 Å². The van der Waals surface area contributed by atoms with Gasteiger partial charge in [0.15, 0.2) is 0 Å². The molecule has 148 valence electrons. The summed E-state index contributed by atoms with van der Waals surface area (Å²) in [6.07, 6.45) is 0.535. The van der Waals surface area contributed by atoms with Gasteiger partial charge < -0.3 is 4.90 Å². The largest absolute Gasteiger partial charge is 0.332 e. The molecule has 0 aliphatic carbocycles. The first-order chi connectivity index (χ1) is 13.8. The number of nitriles is 1. The first kappa shape index (κ1) is 19.6. The number of imide groups is 1. The molecule has 1 aromatic heterocycles. The van der Waals surface area contributed by atoms with Gasteiger partial charge in [-0.25, -0.2) is 14.7 Å². The molecule has 2 aliphatic rings. The lowest BCUT2D eigenvalue weighted by molar-refractivity contribution is -0.124. The first-order valence-corrected chi connectivity index (χ1v) is 9.76. The van der Waals surface area contributed by atoms with Gasteiger partial charge in [-0.05, 0) is 36.2 Å². The summed E-state index contributed by atoms with van der Waals surface area (Å²) in [6.45, 7) is 1.74. The van der Waals surface area contributed by atoms with Crippen molar-refractivity contribution < 1.29 is 9.59 Å². The molecule has 0 saturated carbocycles. The first-order valence-electron chi connectivity index (χ1n) is 9.01. The highest BCUT2D eigenvalue weighted by atomic mass is 35.5. The van der Waals surface area contributed by atoms with E-state index in [1.807, 2.05) is 12.1 Å². The molecule has 3 amide bonds. The number of likely N-dealkylation sites (N-methyl/N-ethyl adjacent to an activating group) is 1. The number of pyridine rings is 1. The lowest BCUT2D eigenvalue weighted by Gasteiger charge is -2.28. The van der Waals surface area contributed by atoms with Crippen molar-refractivity contribution in [3.63, 3.8) is 0 Å². The van der Waals surface area contributed by atoms with Crippen LogP contribution in [-0.4, -0.2) is 52.4 Å². The van der Waals surface area contributed by atoms with E-state index >= 15 is 0 Å². The summed E-state index contributed by atoms with van der Waals surface area (Å²) in [4.78, 5) is 34.9. The quantitative estimate of drug-likeness (QED) is 0.552. The van der Waals surface area contributed by atoms with Gasteiger partial charge in [0.1, 0.15) is 15.8 Å². The number of aromatic nitrogens is 1. The van der Waals surface area contributed by atoms with Crippen molar-refractivity contribution in [2.24, 2.45) is 0 Å². The third-order valence-electron chi connectivity index (χ3n) is 5.54. The van der Waals surface area contributed by atoms with Crippen LogP contribution in [0.4, 0.5) is 10.5 Å². The Hall–Kier alpha value is -2.66. The van der Waals surface area contributed by atoms with Crippen molar-refractivity contribution >= 4 is 40.8 Å². The molecule has 2 aliphatic heterocycles. The molecule has 3 heterocycles. The number of hydrogen-bond donors (Lipinski definition) is 0. The molecule has 0 N–H and O–H groups in total. The van der Waals surface area contributed by atoms with E-state index in [1.165, 1.54) is 17.0 Å². The highest BCUT2D eigenvalue weighted by Crippen LogP contribution is 2.39. The predicted octanol–water partition coefficient (Wildman–Crippen LogP) is 3.30. The molecular formula is C20H17Cl2N5O2. The highest BCUT2D eigenvalue weighted by Gasteiger charge is 2.59. The Morgan fingerprint density at radius 2 is 1.83 bits per heavy atom. The molecule has 1 unspecified atom stereocenters. The summed E-state index contributed by atoms with van der Waals surface area (Å²) < 4.78 is 0. The minimum absolute atomic E-state index is 0.116. The van der Waals surface area contributed by atoms with Crippen LogP contribution < -0.4 is 4.90 Å². The number of anilines is 1. The van der Waals surface area contributed by atoms with Crippen molar-refractivity contribution in [3.8, 4) is 6.07 Å². The molecule has 7 nitrogen and oxygen atoms in total. The van der Waals surface area contributed by atoms with Crippen LogP contribution >= 0.6 is 23.2 Å². The Balaban J connectivity index is 1.57. The van der Waals surface area contributed by atoms with Crippen molar-refractivity contribution in [2.75, 3.05) is 25.0 Å². The zero-order valence-corrected chi connectivity index (χ0v) is 17.1. The fraction of sp³-hybridized carbons (Fsp3) is 0.300. The molecular weight excluding hydrogens is 413 g/mol. The second-order valence-corrected chi connectivity index (χ2v) is 8.03. The van der Waals surface area contributed by atoms with Crippen LogP contribution in [0.25, 0.3) is 0 Å². The smallest absolute Gasteiger partial charge is 0.311 e. The van der Waals surface area contributed by atoms with Gasteiger partial charge in [0.2, 0.25) is 0 Å². The molecule has 4 rings (SSSR count). The zero-order chi connectivity index (χ0) is 20.8. The van der Waals surface area contributed by atoms with Crippen LogP contribution in [0.3, 0.4) is 0 Å². The van der Waals surface area contributed by atoms with Crippen LogP contribution in [0.1, 0.15) is 17.5 Å². The van der Waals surface area contributed by atoms with Crippen LogP contribution in [-0.2, 0) is 11.3 Å². The molecule has 0 radical (unpaired) electrons. The molecule has 9 heteroatoms. The normalized spacial score (nSPS) is 22.0. The molecule has 0 bridgehead atoms. The van der Waals surface area contributed by atoms with Crippen LogP contribution in [0, 0.1) is 11.3 Å². The van der Waals surface area contributed by atoms with Gasteiger partial charge in [-0.2, -0.15) is 5.26 Å². The number of carbonyl (C=O) groups is 2. The number of carbonyl (C=O) groups excluding carboxylic acids is 2. The van der Waals surface area contributed by atoms with Gasteiger partial charge in [0, 0.05) is 26.7 Å². The fourth-order valence-corrected chi connectivity index (χ4v) is 4.43. The molecule has 1 aromatic carbocycles. The van der Waals surface area contributed by atoms with E-state index in [4.69, 9.17) is 28.5 Å². The average Bonchev–Trinajstić information content (AvgIpc) is 3.18. The Morgan fingerprint density at radius 1 is 1.17 bits per heavy atom. The summed E-state index contributed by atoms with van der Waals surface area (Å²) in [7, 11) is 1.65. The van der Waals surface area contributed by atoms with Gasteiger partial charge in [-0.15, -0.1) is 0 Å². The van der Waals surface area contributed by atoms with Crippen molar-refractivity contribution in [1.29, 1.82) is 5.26 Å². The maximum Gasteiger partial charge on any atom is 0.332 e. The van der Waals surface area contributed by atoms with Gasteiger partial charge in [-0.1, -0.05) is 35.3 Å². The van der Waals surface area contributed by atoms with Crippen LogP contribution in [0.15, 0.2) is 36.4 Å². The summed E-state index contributed by atoms with van der Waals surface area (Å²) in [5.41, 5.74) is 1.05. The maximum absolute atomic E-state index is 13.3. The van der Waals surface area contributed by atoms with E-state index in [-0.39, 0.29) is 16.2 Å². The standard InChI is InChI=1S/C20H17Cl2N5O2/c1-25-19(29)27(15-8-16(21)24-17(22)9-15)18(28)20(25)6-7-26(12-20)11-14-4-2-13(10-23)3-5-14/h2-5,8-9H,6-7,11-12H2,1H3. The molecule has 2 aromatic rings. The number of halogens is 2. The Kier molecular flexibility index (Phi) is 4.95. The fourth-order valence-electron chi connectivity index (χ4n) is 3.98. The topological polar surface area (TPSA) is 80.5 Å². The number of nitrogens with zero attached hydrogens (tertiary/aromatic N) is 5. The Bertz CT molecular complexity index is 1020. The molecule has 1 spiro atoms. The van der Waals surface area contributed by atoms with E-state index in [2.05, 4.69) is 16.0 Å². The highest BCUT2D eigenvalue weighted by molar-refractivity contribution is 6.33. The molecule has 2 saturated heterocycles. The second-order valence-electron chi connectivity index (χ2n) is 7.25. The van der Waals surface area contributed by atoms with E-state index in [0.717, 1.165) is 10.5 Å². The SMILES string of the molecule is CN1C(=O)N(c2cc(Cl)nc(Cl)c2)C(=O)C12CCN(Cc1ccc(C#N)cc1)C2. The van der Waals surface area contributed by atoms with E-state index in [9.17, 15) is 9.59 Å². The van der Waals surface area contributed by atoms with Crippen molar-refractivity contribution in [3.05, 3.63) is 57.8 Å². The summed E-state index contributed by atoms with van der Waals surface area (Å²) >= 11 is 11.9. The van der Waals surface area contributed by atoms with Gasteiger partial charge >= 0.3 is 6.03 Å². The van der Waals surface area contributed by atoms with E-state index in [0.29, 0.717) is 37.3 Å². The number of hydrogen-bond acceptors (Lipinski definition) is 5. The van der Waals surface area contributed by atoms with E-state index < -0.39 is 11.6 Å². The summed E-state index contributed by atoms with van der Waals surface area (Å²) in [5, 5.41) is 9.16. The zero-order valence-electron chi connectivity index (χ0n) is 15.6. The van der Waals surface area contributed by atoms with Gasteiger partial charge in [-0.3, -0.25) is 9.69 Å². The third-order valence-corrected chi connectivity index (χ3v) is 5.93. The lowest BCUT2D eigenvalue weighted by Crippen LogP contribution is -2.50. The second kappa shape index (κ2) is 7.30. The molecule has 29 heavy (non-hydrogen) atoms. The number of benzene rings is 1. The minimum atomic E-state index is -0.925. The number of rotatable bonds is 3. The number of likely N-dealkylation sites (tertiary alicyclic amines) is 1. The van der Waals surface area contributed by atoms with Gasteiger partial charge in [0.25, 0.3) is 5.91 Å². The Labute approximate surface area is 178 Å². The van der Waals surface area contributed by atoms with Gasteiger partial charge in [0.05, 0.1) is 17.3 Å². The third kappa shape index (κ3) is 3.33. The lowest BCUT2D eigenvalue weighted by atomic mass is 9.97. The van der Waals surface area contributed by atoms with Crippen LogP contribution in [0.5, 0.6) is 0 Å². The van der Waals surface area contributed by atoms with Crippen molar-refractivity contribution in [1.82, 2.24) is 14.8 Å². The average molecular weight is 430 g/mol. The van der Waals surface area contributed by atoms with E-state index in [1.54, 1.807) is 19.2 Å². The molecule has 2 fully saturated rings. The minimum Gasteiger partial charge on any atom is -0.311 e. The molecule has 1 atom stereocenters. The Morgan fingerprint density at radius 3 is 2.45 bits per heavy atom. The number of amides is 3. The summed E-state index contributed by atoms with van der Waals surface area (Å²) in [5.74, 6) is -0.286. The predicted molar refractivity (Wildman–Crippen MR) is 109 cm³/mol. The monoisotopic (exact) mass is 429 g/mol. The maximum atomic E-state index is 13.3. The summed E-state index contributed by atoms with van der Waals surface area (Å²) in [6, 6.07) is 12.0. The number of urea groups is 1.